The zero-order chi connectivity index (χ0) is 16.0. The van der Waals surface area contributed by atoms with Gasteiger partial charge in [-0.15, -0.1) is 0 Å². The van der Waals surface area contributed by atoms with Crippen molar-refractivity contribution in [3.8, 4) is 5.75 Å². The molecule has 7 heteroatoms. The topological polar surface area (TPSA) is 93.5 Å². The molecule has 0 saturated heterocycles. The molecule has 0 fully saturated rings. The van der Waals surface area contributed by atoms with Crippen molar-refractivity contribution in [2.24, 2.45) is 0 Å². The molecule has 116 valence electrons. The van der Waals surface area contributed by atoms with Gasteiger partial charge in [0.1, 0.15) is 5.75 Å². The number of methoxy groups -OCH3 is 1. The zero-order valence-corrected chi connectivity index (χ0v) is 12.7. The van der Waals surface area contributed by atoms with Gasteiger partial charge >= 0.3 is 0 Å². The highest BCUT2D eigenvalue weighted by Gasteiger charge is 2.14. The number of ether oxygens (including phenoxy) is 1. The summed E-state index contributed by atoms with van der Waals surface area (Å²) in [5.74, 6) is 0.156. The van der Waals surface area contributed by atoms with E-state index in [1.807, 2.05) is 20.8 Å². The number of amides is 1. The van der Waals surface area contributed by atoms with Crippen LogP contribution in [0, 0.1) is 10.1 Å². The zero-order valence-electron chi connectivity index (χ0n) is 12.7. The van der Waals surface area contributed by atoms with Crippen LogP contribution in [-0.4, -0.2) is 30.0 Å². The first-order chi connectivity index (χ1) is 9.73. The Kier molecular flexibility index (Phi) is 5.66. The second-order valence-electron chi connectivity index (χ2n) is 5.62. The quantitative estimate of drug-likeness (QED) is 0.620. The summed E-state index contributed by atoms with van der Waals surface area (Å²) in [6.07, 6.45) is 0.267. The third-order valence-electron chi connectivity index (χ3n) is 2.68. The lowest BCUT2D eigenvalue weighted by atomic mass is 10.1. The maximum Gasteiger partial charge on any atom is 0.271 e. The number of nitrogens with zero attached hydrogens (tertiary/aromatic N) is 1. The summed E-state index contributed by atoms with van der Waals surface area (Å²) in [6.45, 7) is 6.55. The van der Waals surface area contributed by atoms with Crippen molar-refractivity contribution in [2.75, 3.05) is 19.0 Å². The highest BCUT2D eigenvalue weighted by molar-refractivity contribution is 5.92. The Hall–Kier alpha value is -2.15. The summed E-state index contributed by atoms with van der Waals surface area (Å²) >= 11 is 0. The number of hydrogen-bond donors (Lipinski definition) is 2. The van der Waals surface area contributed by atoms with Gasteiger partial charge in [0.2, 0.25) is 5.91 Å². The fraction of sp³-hybridized carbons (Fsp3) is 0.500. The molecule has 2 N–H and O–H groups in total. The SMILES string of the molecule is COc1ccc([N+](=O)[O-])cc1NC(=O)CCNC(C)(C)C. The molecule has 0 radical (unpaired) electrons. The van der Waals surface area contributed by atoms with E-state index in [0.717, 1.165) is 0 Å². The summed E-state index contributed by atoms with van der Waals surface area (Å²) in [5, 5.41) is 16.6. The maximum absolute atomic E-state index is 11.9. The minimum Gasteiger partial charge on any atom is -0.495 e. The third kappa shape index (κ3) is 5.78. The lowest BCUT2D eigenvalue weighted by molar-refractivity contribution is -0.384. The Balaban J connectivity index is 2.70. The first kappa shape index (κ1) is 16.9. The van der Waals surface area contributed by atoms with Crippen molar-refractivity contribution in [3.05, 3.63) is 28.3 Å². The number of rotatable bonds is 6. The Morgan fingerprint density at radius 1 is 1.38 bits per heavy atom. The Labute approximate surface area is 123 Å². The first-order valence-electron chi connectivity index (χ1n) is 6.60. The van der Waals surface area contributed by atoms with Gasteiger partial charge < -0.3 is 15.4 Å². The summed E-state index contributed by atoms with van der Waals surface area (Å²) in [5.41, 5.74) is 0.134. The fourth-order valence-electron chi connectivity index (χ4n) is 1.67. The van der Waals surface area contributed by atoms with Gasteiger partial charge in [0.05, 0.1) is 17.7 Å². The van der Waals surface area contributed by atoms with Gasteiger partial charge in [-0.3, -0.25) is 14.9 Å². The molecule has 0 spiro atoms. The van der Waals surface area contributed by atoms with Crippen molar-refractivity contribution in [1.82, 2.24) is 5.32 Å². The van der Waals surface area contributed by atoms with E-state index >= 15 is 0 Å². The van der Waals surface area contributed by atoms with Gasteiger partial charge in [0.25, 0.3) is 5.69 Å². The van der Waals surface area contributed by atoms with Gasteiger partial charge in [-0.1, -0.05) is 0 Å². The van der Waals surface area contributed by atoms with E-state index in [1.165, 1.54) is 25.3 Å². The highest BCUT2D eigenvalue weighted by atomic mass is 16.6. The van der Waals surface area contributed by atoms with E-state index in [2.05, 4.69) is 10.6 Å². The number of benzene rings is 1. The number of nitrogens with one attached hydrogen (secondary N) is 2. The molecule has 0 aromatic heterocycles. The van der Waals surface area contributed by atoms with E-state index in [9.17, 15) is 14.9 Å². The normalized spacial score (nSPS) is 11.0. The average Bonchev–Trinajstić information content (AvgIpc) is 2.36. The number of carbonyl (C=O) groups is 1. The van der Waals surface area contributed by atoms with Crippen LogP contribution in [0.15, 0.2) is 18.2 Å². The molecule has 1 rings (SSSR count). The van der Waals surface area contributed by atoms with Crippen molar-refractivity contribution in [2.45, 2.75) is 32.7 Å². The molecule has 0 aliphatic heterocycles. The van der Waals surface area contributed by atoms with Crippen LogP contribution in [0.25, 0.3) is 0 Å². The van der Waals surface area contributed by atoms with E-state index in [-0.39, 0.29) is 23.6 Å². The lowest BCUT2D eigenvalue weighted by Crippen LogP contribution is -2.37. The highest BCUT2D eigenvalue weighted by Crippen LogP contribution is 2.28. The van der Waals surface area contributed by atoms with Crippen LogP contribution in [0.4, 0.5) is 11.4 Å². The summed E-state index contributed by atoms with van der Waals surface area (Å²) < 4.78 is 5.09. The molecule has 1 aromatic carbocycles. The molecule has 0 unspecified atom stereocenters. The molecule has 0 bridgehead atoms. The van der Waals surface area contributed by atoms with Gasteiger partial charge in [0.15, 0.2) is 0 Å². The lowest BCUT2D eigenvalue weighted by Gasteiger charge is -2.20. The van der Waals surface area contributed by atoms with Crippen LogP contribution in [-0.2, 0) is 4.79 Å². The van der Waals surface area contributed by atoms with Gasteiger partial charge in [0, 0.05) is 30.6 Å². The van der Waals surface area contributed by atoms with Crippen molar-refractivity contribution in [1.29, 1.82) is 0 Å². The van der Waals surface area contributed by atoms with E-state index in [1.54, 1.807) is 0 Å². The van der Waals surface area contributed by atoms with Crippen molar-refractivity contribution < 1.29 is 14.5 Å². The predicted octanol–water partition coefficient (Wildman–Crippen LogP) is 2.32. The molecule has 0 heterocycles. The monoisotopic (exact) mass is 295 g/mol. The Morgan fingerprint density at radius 2 is 2.05 bits per heavy atom. The molecular weight excluding hydrogens is 274 g/mol. The molecule has 0 saturated carbocycles. The van der Waals surface area contributed by atoms with Crippen LogP contribution in [0.5, 0.6) is 5.75 Å². The Morgan fingerprint density at radius 3 is 2.57 bits per heavy atom. The molecule has 0 atom stereocenters. The van der Waals surface area contributed by atoms with E-state index < -0.39 is 4.92 Å². The molecule has 0 aliphatic carbocycles. The van der Waals surface area contributed by atoms with Gasteiger partial charge in [-0.25, -0.2) is 0 Å². The van der Waals surface area contributed by atoms with Crippen LogP contribution in [0.3, 0.4) is 0 Å². The van der Waals surface area contributed by atoms with Crippen LogP contribution in [0.1, 0.15) is 27.2 Å². The first-order valence-corrected chi connectivity index (χ1v) is 6.60. The van der Waals surface area contributed by atoms with Gasteiger partial charge in [-0.05, 0) is 26.8 Å². The Bertz CT molecular complexity index is 523. The number of non-ortho nitro benzene ring substituents is 1. The summed E-state index contributed by atoms with van der Waals surface area (Å²) in [7, 11) is 1.44. The predicted molar refractivity (Wildman–Crippen MR) is 80.7 cm³/mol. The molecule has 21 heavy (non-hydrogen) atoms. The van der Waals surface area contributed by atoms with E-state index in [4.69, 9.17) is 4.74 Å². The summed E-state index contributed by atoms with van der Waals surface area (Å²) in [6, 6.07) is 4.07. The minimum absolute atomic E-state index is 0.0660. The number of hydrogen-bond acceptors (Lipinski definition) is 5. The molecule has 1 aromatic rings. The number of nitro groups is 1. The average molecular weight is 295 g/mol. The van der Waals surface area contributed by atoms with Crippen LogP contribution < -0.4 is 15.4 Å². The van der Waals surface area contributed by atoms with Gasteiger partial charge in [-0.2, -0.15) is 0 Å². The van der Waals surface area contributed by atoms with Crippen LogP contribution in [0.2, 0.25) is 0 Å². The standard InChI is InChI=1S/C14H21N3O4/c1-14(2,3)15-8-7-13(18)16-11-9-10(17(19)20)5-6-12(11)21-4/h5-6,9,15H,7-8H2,1-4H3,(H,16,18). The number of carbonyl (C=O) groups excluding carboxylic acids is 1. The van der Waals surface area contributed by atoms with E-state index in [0.29, 0.717) is 18.0 Å². The number of anilines is 1. The smallest absolute Gasteiger partial charge is 0.271 e. The second-order valence-corrected chi connectivity index (χ2v) is 5.62. The maximum atomic E-state index is 11.9. The molecular formula is C14H21N3O4. The molecule has 0 aliphatic rings. The largest absolute Gasteiger partial charge is 0.495 e. The second kappa shape index (κ2) is 7.03. The van der Waals surface area contributed by atoms with Crippen molar-refractivity contribution >= 4 is 17.3 Å². The number of nitro benzene ring substituents is 1. The van der Waals surface area contributed by atoms with Crippen LogP contribution >= 0.6 is 0 Å². The fourth-order valence-corrected chi connectivity index (χ4v) is 1.67. The molecule has 1 amide bonds. The van der Waals surface area contributed by atoms with Crippen molar-refractivity contribution in [3.63, 3.8) is 0 Å². The summed E-state index contributed by atoms with van der Waals surface area (Å²) in [4.78, 5) is 22.1. The minimum atomic E-state index is -0.518. The third-order valence-corrected chi connectivity index (χ3v) is 2.68. The molecule has 7 nitrogen and oxygen atoms in total.